The fourth-order valence-electron chi connectivity index (χ4n) is 3.25. The maximum atomic E-state index is 13.2. The highest BCUT2D eigenvalue weighted by Gasteiger charge is 2.36. The van der Waals surface area contributed by atoms with Gasteiger partial charge in [0.25, 0.3) is 0 Å². The Hall–Kier alpha value is -2.66. The molecule has 26 heavy (non-hydrogen) atoms. The number of likely N-dealkylation sites (tertiary alicyclic amines) is 1. The van der Waals surface area contributed by atoms with E-state index in [2.05, 4.69) is 0 Å². The lowest BCUT2D eigenvalue weighted by Gasteiger charge is -2.26. The molecule has 0 radical (unpaired) electrons. The summed E-state index contributed by atoms with van der Waals surface area (Å²) in [5, 5.41) is 0. The number of para-hydroxylation sites is 1. The van der Waals surface area contributed by atoms with Crippen molar-refractivity contribution in [1.82, 2.24) is 4.90 Å². The molecule has 0 saturated carbocycles. The molecule has 1 aliphatic heterocycles. The number of hydrogen-bond acceptors (Lipinski definition) is 3. The summed E-state index contributed by atoms with van der Waals surface area (Å²) >= 11 is 0. The summed E-state index contributed by atoms with van der Waals surface area (Å²) in [4.78, 5) is 28.9. The molecule has 2 amide bonds. The molecule has 5 nitrogen and oxygen atoms in total. The van der Waals surface area contributed by atoms with Gasteiger partial charge >= 0.3 is 0 Å². The Morgan fingerprint density at radius 2 is 1.77 bits per heavy atom. The molecule has 0 aliphatic carbocycles. The monoisotopic (exact) mass is 352 g/mol. The predicted octanol–water partition coefficient (Wildman–Crippen LogP) is 2.71. The highest BCUT2D eigenvalue weighted by Crippen LogP contribution is 2.25. The van der Waals surface area contributed by atoms with Gasteiger partial charge in [0.1, 0.15) is 0 Å². The van der Waals surface area contributed by atoms with Gasteiger partial charge in [-0.3, -0.25) is 9.59 Å². The fourth-order valence-corrected chi connectivity index (χ4v) is 3.25. The minimum Gasteiger partial charge on any atom is -0.383 e. The van der Waals surface area contributed by atoms with Crippen LogP contribution in [0.3, 0.4) is 0 Å². The minimum absolute atomic E-state index is 0.00619. The number of anilines is 1. The number of rotatable bonds is 7. The Kier molecular flexibility index (Phi) is 6.02. The van der Waals surface area contributed by atoms with E-state index in [0.29, 0.717) is 26.2 Å². The summed E-state index contributed by atoms with van der Waals surface area (Å²) in [6.45, 7) is 1.97. The Bertz CT molecular complexity index is 733. The third kappa shape index (κ3) is 4.29. The van der Waals surface area contributed by atoms with Crippen LogP contribution in [0.5, 0.6) is 0 Å². The smallest absolute Gasteiger partial charge is 0.232 e. The largest absolute Gasteiger partial charge is 0.383 e. The second kappa shape index (κ2) is 8.63. The number of ether oxygens (including phenoxy) is 1. The molecule has 1 atom stereocenters. The predicted molar refractivity (Wildman–Crippen MR) is 101 cm³/mol. The van der Waals surface area contributed by atoms with Crippen molar-refractivity contribution < 1.29 is 14.3 Å². The van der Waals surface area contributed by atoms with Gasteiger partial charge in [0.15, 0.2) is 0 Å². The molecule has 1 unspecified atom stereocenters. The van der Waals surface area contributed by atoms with Crippen LogP contribution in [0.4, 0.5) is 5.69 Å². The van der Waals surface area contributed by atoms with E-state index in [1.54, 1.807) is 16.9 Å². The molecule has 136 valence electrons. The van der Waals surface area contributed by atoms with Crippen LogP contribution >= 0.6 is 0 Å². The van der Waals surface area contributed by atoms with Gasteiger partial charge < -0.3 is 14.5 Å². The molecule has 1 fully saturated rings. The van der Waals surface area contributed by atoms with E-state index in [1.165, 1.54) is 0 Å². The second-order valence-corrected chi connectivity index (χ2v) is 6.48. The van der Waals surface area contributed by atoms with Gasteiger partial charge in [-0.1, -0.05) is 48.5 Å². The van der Waals surface area contributed by atoms with Crippen molar-refractivity contribution in [1.29, 1.82) is 0 Å². The van der Waals surface area contributed by atoms with E-state index in [-0.39, 0.29) is 24.2 Å². The molecular weight excluding hydrogens is 328 g/mol. The van der Waals surface area contributed by atoms with Crippen molar-refractivity contribution in [3.8, 4) is 0 Å². The molecule has 5 heteroatoms. The highest BCUT2D eigenvalue weighted by atomic mass is 16.5. The summed E-state index contributed by atoms with van der Waals surface area (Å²) < 4.78 is 5.05. The standard InChI is InChI=1S/C21H24N2O3/c1-26-13-12-22-16-18(14-20(22)24)21(25)23(19-10-6-3-7-11-19)15-17-8-4-2-5-9-17/h2-11,18H,12-16H2,1H3. The molecule has 1 heterocycles. The molecule has 2 aromatic carbocycles. The first-order valence-corrected chi connectivity index (χ1v) is 8.86. The van der Waals surface area contributed by atoms with Crippen molar-refractivity contribution in [2.75, 3.05) is 31.7 Å². The van der Waals surface area contributed by atoms with E-state index in [1.807, 2.05) is 60.7 Å². The topological polar surface area (TPSA) is 49.9 Å². The molecule has 0 aromatic heterocycles. The first-order chi connectivity index (χ1) is 12.7. The van der Waals surface area contributed by atoms with E-state index < -0.39 is 0 Å². The molecule has 1 saturated heterocycles. The maximum absolute atomic E-state index is 13.2. The second-order valence-electron chi connectivity index (χ2n) is 6.48. The number of benzene rings is 2. The first kappa shape index (κ1) is 18.1. The molecule has 2 aromatic rings. The van der Waals surface area contributed by atoms with Crippen LogP contribution in [0, 0.1) is 5.92 Å². The molecule has 0 spiro atoms. The van der Waals surface area contributed by atoms with Crippen molar-refractivity contribution in [2.45, 2.75) is 13.0 Å². The van der Waals surface area contributed by atoms with Gasteiger partial charge in [-0.25, -0.2) is 0 Å². The number of carbonyl (C=O) groups is 2. The third-order valence-corrected chi connectivity index (χ3v) is 4.65. The Balaban J connectivity index is 1.78. The van der Waals surface area contributed by atoms with Crippen molar-refractivity contribution >= 4 is 17.5 Å². The van der Waals surface area contributed by atoms with Crippen LogP contribution in [0.25, 0.3) is 0 Å². The van der Waals surface area contributed by atoms with Crippen molar-refractivity contribution in [3.05, 3.63) is 66.2 Å². The van der Waals surface area contributed by atoms with Gasteiger partial charge in [-0.15, -0.1) is 0 Å². The van der Waals surface area contributed by atoms with Crippen LogP contribution in [-0.2, 0) is 20.9 Å². The van der Waals surface area contributed by atoms with E-state index in [0.717, 1.165) is 11.3 Å². The van der Waals surface area contributed by atoms with E-state index in [9.17, 15) is 9.59 Å². The quantitative estimate of drug-likeness (QED) is 0.770. The zero-order valence-corrected chi connectivity index (χ0v) is 15.0. The molecule has 0 bridgehead atoms. The number of amides is 2. The third-order valence-electron chi connectivity index (χ3n) is 4.65. The van der Waals surface area contributed by atoms with E-state index in [4.69, 9.17) is 4.74 Å². The van der Waals surface area contributed by atoms with Gasteiger partial charge in [-0.05, 0) is 17.7 Å². The lowest BCUT2D eigenvalue weighted by atomic mass is 10.1. The molecule has 0 N–H and O–H groups in total. The van der Waals surface area contributed by atoms with Crippen LogP contribution in [0.15, 0.2) is 60.7 Å². The number of methoxy groups -OCH3 is 1. The lowest BCUT2D eigenvalue weighted by molar-refractivity contribution is -0.128. The number of nitrogens with zero attached hydrogens (tertiary/aromatic N) is 2. The summed E-state index contributed by atoms with van der Waals surface area (Å²) in [5.41, 5.74) is 1.91. The molecule has 1 aliphatic rings. The highest BCUT2D eigenvalue weighted by molar-refractivity contribution is 5.99. The zero-order chi connectivity index (χ0) is 18.4. The Morgan fingerprint density at radius 1 is 1.12 bits per heavy atom. The average Bonchev–Trinajstić information content (AvgIpc) is 3.06. The SMILES string of the molecule is COCCN1CC(C(=O)N(Cc2ccccc2)c2ccccc2)CC1=O. The van der Waals surface area contributed by atoms with Gasteiger partial charge in [0.2, 0.25) is 11.8 Å². The normalized spacial score (nSPS) is 16.7. The average molecular weight is 352 g/mol. The molecule has 3 rings (SSSR count). The lowest BCUT2D eigenvalue weighted by Crippen LogP contribution is -2.37. The summed E-state index contributed by atoms with van der Waals surface area (Å²) in [5.74, 6) is -0.301. The maximum Gasteiger partial charge on any atom is 0.232 e. The summed E-state index contributed by atoms with van der Waals surface area (Å²) in [6.07, 6.45) is 0.265. The first-order valence-electron chi connectivity index (χ1n) is 8.86. The van der Waals surface area contributed by atoms with Gasteiger partial charge in [-0.2, -0.15) is 0 Å². The fraction of sp³-hybridized carbons (Fsp3) is 0.333. The Morgan fingerprint density at radius 3 is 2.42 bits per heavy atom. The Labute approximate surface area is 154 Å². The summed E-state index contributed by atoms with van der Waals surface area (Å²) in [6, 6.07) is 19.5. The van der Waals surface area contributed by atoms with E-state index >= 15 is 0 Å². The summed E-state index contributed by atoms with van der Waals surface area (Å²) in [7, 11) is 1.61. The van der Waals surface area contributed by atoms with Gasteiger partial charge in [0, 0.05) is 32.3 Å². The molecular formula is C21H24N2O3. The minimum atomic E-state index is -0.316. The van der Waals surface area contributed by atoms with Crippen LogP contribution in [0.1, 0.15) is 12.0 Å². The number of carbonyl (C=O) groups excluding carboxylic acids is 2. The van der Waals surface area contributed by atoms with Crippen LogP contribution in [-0.4, -0.2) is 43.5 Å². The van der Waals surface area contributed by atoms with Crippen LogP contribution < -0.4 is 4.90 Å². The van der Waals surface area contributed by atoms with Gasteiger partial charge in [0.05, 0.1) is 19.1 Å². The zero-order valence-electron chi connectivity index (χ0n) is 15.0. The van der Waals surface area contributed by atoms with Crippen molar-refractivity contribution in [3.63, 3.8) is 0 Å². The van der Waals surface area contributed by atoms with Crippen LogP contribution in [0.2, 0.25) is 0 Å². The number of hydrogen-bond donors (Lipinski definition) is 0. The van der Waals surface area contributed by atoms with Crippen molar-refractivity contribution in [2.24, 2.45) is 5.92 Å².